The molecular formula is C11H19BrN2. The molecule has 2 nitrogen and oxygen atoms in total. The molecule has 0 atom stereocenters. The second-order valence-electron chi connectivity index (χ2n) is 4.24. The molecule has 14 heavy (non-hydrogen) atoms. The van der Waals surface area contributed by atoms with Gasteiger partial charge in [-0.15, -0.1) is 0 Å². The van der Waals surface area contributed by atoms with E-state index in [4.69, 9.17) is 0 Å². The first-order valence-electron chi connectivity index (χ1n) is 5.20. The van der Waals surface area contributed by atoms with Crippen molar-refractivity contribution < 1.29 is 0 Å². The van der Waals surface area contributed by atoms with Gasteiger partial charge in [-0.3, -0.25) is 0 Å². The second-order valence-corrected chi connectivity index (χ2v) is 4.99. The standard InChI is InChI=1S/C11H19BrN2/c1-8(2)6-5-7-10-11(12)13-9(3)14(10)4/h8H,5-7H2,1-4H3. The molecule has 1 rings (SSSR count). The Bertz CT molecular complexity index is 302. The van der Waals surface area contributed by atoms with Crippen molar-refractivity contribution in [3.05, 3.63) is 16.1 Å². The molecule has 0 radical (unpaired) electrons. The van der Waals surface area contributed by atoms with Crippen LogP contribution in [0.2, 0.25) is 0 Å². The Kier molecular flexibility index (Phi) is 4.17. The Morgan fingerprint density at radius 1 is 1.43 bits per heavy atom. The smallest absolute Gasteiger partial charge is 0.127 e. The third kappa shape index (κ3) is 2.84. The molecule has 0 bridgehead atoms. The first-order chi connectivity index (χ1) is 6.52. The number of imidazole rings is 1. The molecule has 0 saturated heterocycles. The molecule has 3 heteroatoms. The van der Waals surface area contributed by atoms with Crippen LogP contribution in [0.4, 0.5) is 0 Å². The van der Waals surface area contributed by atoms with E-state index in [1.165, 1.54) is 18.5 Å². The van der Waals surface area contributed by atoms with Gasteiger partial charge in [0.15, 0.2) is 0 Å². The zero-order chi connectivity index (χ0) is 10.7. The van der Waals surface area contributed by atoms with Gasteiger partial charge in [0, 0.05) is 7.05 Å². The summed E-state index contributed by atoms with van der Waals surface area (Å²) in [5, 5.41) is 0. The van der Waals surface area contributed by atoms with Gasteiger partial charge in [-0.1, -0.05) is 20.3 Å². The summed E-state index contributed by atoms with van der Waals surface area (Å²) >= 11 is 3.50. The van der Waals surface area contributed by atoms with Crippen LogP contribution in [0.3, 0.4) is 0 Å². The van der Waals surface area contributed by atoms with E-state index in [-0.39, 0.29) is 0 Å². The summed E-state index contributed by atoms with van der Waals surface area (Å²) in [5.74, 6) is 1.87. The fourth-order valence-electron chi connectivity index (χ4n) is 1.56. The van der Waals surface area contributed by atoms with Gasteiger partial charge >= 0.3 is 0 Å². The zero-order valence-electron chi connectivity index (χ0n) is 9.47. The minimum absolute atomic E-state index is 0.795. The van der Waals surface area contributed by atoms with Crippen LogP contribution in [0.15, 0.2) is 4.60 Å². The fourth-order valence-corrected chi connectivity index (χ4v) is 2.28. The van der Waals surface area contributed by atoms with Crippen molar-refractivity contribution in [3.8, 4) is 0 Å². The van der Waals surface area contributed by atoms with Gasteiger partial charge < -0.3 is 4.57 Å². The van der Waals surface area contributed by atoms with Gasteiger partial charge in [-0.25, -0.2) is 4.98 Å². The summed E-state index contributed by atoms with van der Waals surface area (Å²) in [7, 11) is 2.08. The summed E-state index contributed by atoms with van der Waals surface area (Å²) < 4.78 is 3.19. The van der Waals surface area contributed by atoms with Crippen LogP contribution in [-0.4, -0.2) is 9.55 Å². The maximum absolute atomic E-state index is 4.39. The van der Waals surface area contributed by atoms with Gasteiger partial charge in [-0.2, -0.15) is 0 Å². The monoisotopic (exact) mass is 258 g/mol. The van der Waals surface area contributed by atoms with E-state index in [2.05, 4.69) is 46.4 Å². The van der Waals surface area contributed by atoms with Crippen molar-refractivity contribution >= 4 is 15.9 Å². The molecule has 1 heterocycles. The summed E-state index contributed by atoms with van der Waals surface area (Å²) in [5.41, 5.74) is 1.32. The zero-order valence-corrected chi connectivity index (χ0v) is 11.1. The summed E-state index contributed by atoms with van der Waals surface area (Å²) in [4.78, 5) is 4.39. The Morgan fingerprint density at radius 2 is 2.07 bits per heavy atom. The molecule has 0 N–H and O–H groups in total. The first kappa shape index (κ1) is 11.8. The SMILES string of the molecule is Cc1nc(Br)c(CCCC(C)C)n1C. The minimum atomic E-state index is 0.795. The molecule has 0 fully saturated rings. The lowest BCUT2D eigenvalue weighted by atomic mass is 10.1. The Morgan fingerprint density at radius 3 is 2.50 bits per heavy atom. The van der Waals surface area contributed by atoms with E-state index in [1.807, 2.05) is 6.92 Å². The normalized spacial score (nSPS) is 11.3. The van der Waals surface area contributed by atoms with Crippen LogP contribution >= 0.6 is 15.9 Å². The predicted molar refractivity (Wildman–Crippen MR) is 63.4 cm³/mol. The van der Waals surface area contributed by atoms with Crippen LogP contribution in [0.25, 0.3) is 0 Å². The van der Waals surface area contributed by atoms with Gasteiger partial charge in [0.1, 0.15) is 10.4 Å². The third-order valence-electron chi connectivity index (χ3n) is 2.58. The van der Waals surface area contributed by atoms with Crippen LogP contribution in [0, 0.1) is 12.8 Å². The van der Waals surface area contributed by atoms with Crippen molar-refractivity contribution in [1.29, 1.82) is 0 Å². The van der Waals surface area contributed by atoms with Crippen LogP contribution in [0.1, 0.15) is 38.2 Å². The molecule has 0 aromatic carbocycles. The first-order valence-corrected chi connectivity index (χ1v) is 5.99. The number of nitrogens with zero attached hydrogens (tertiary/aromatic N) is 2. The fraction of sp³-hybridized carbons (Fsp3) is 0.727. The number of aromatic nitrogens is 2. The van der Waals surface area contributed by atoms with Gasteiger partial charge in [0.05, 0.1) is 5.69 Å². The van der Waals surface area contributed by atoms with Gasteiger partial charge in [-0.05, 0) is 41.6 Å². The second kappa shape index (κ2) is 4.96. The van der Waals surface area contributed by atoms with Crippen LogP contribution in [-0.2, 0) is 13.5 Å². The van der Waals surface area contributed by atoms with E-state index >= 15 is 0 Å². The Balaban J connectivity index is 2.58. The van der Waals surface area contributed by atoms with Crippen molar-refractivity contribution in [2.75, 3.05) is 0 Å². The molecular weight excluding hydrogens is 240 g/mol. The quantitative estimate of drug-likeness (QED) is 0.809. The average molecular weight is 259 g/mol. The van der Waals surface area contributed by atoms with E-state index in [9.17, 15) is 0 Å². The number of rotatable bonds is 4. The molecule has 0 saturated carbocycles. The molecule has 0 unspecified atom stereocenters. The maximum Gasteiger partial charge on any atom is 0.127 e. The third-order valence-corrected chi connectivity index (χ3v) is 3.22. The van der Waals surface area contributed by atoms with E-state index in [0.29, 0.717) is 0 Å². The highest BCUT2D eigenvalue weighted by Crippen LogP contribution is 2.19. The van der Waals surface area contributed by atoms with Crippen molar-refractivity contribution in [3.63, 3.8) is 0 Å². The number of hydrogen-bond acceptors (Lipinski definition) is 1. The Labute approximate surface area is 94.9 Å². The molecule has 80 valence electrons. The highest BCUT2D eigenvalue weighted by molar-refractivity contribution is 9.10. The topological polar surface area (TPSA) is 17.8 Å². The van der Waals surface area contributed by atoms with Gasteiger partial charge in [0.25, 0.3) is 0 Å². The summed E-state index contributed by atoms with van der Waals surface area (Å²) in [6, 6.07) is 0. The van der Waals surface area contributed by atoms with Gasteiger partial charge in [0.2, 0.25) is 0 Å². The summed E-state index contributed by atoms with van der Waals surface area (Å²) in [6.07, 6.45) is 3.65. The van der Waals surface area contributed by atoms with Crippen molar-refractivity contribution in [2.45, 2.75) is 40.0 Å². The predicted octanol–water partition coefficient (Wildman–Crippen LogP) is 3.47. The molecule has 0 amide bonds. The number of hydrogen-bond donors (Lipinski definition) is 0. The minimum Gasteiger partial charge on any atom is -0.334 e. The lowest BCUT2D eigenvalue weighted by Gasteiger charge is -2.06. The summed E-state index contributed by atoms with van der Waals surface area (Å²) in [6.45, 7) is 6.57. The molecule has 1 aromatic heterocycles. The van der Waals surface area contributed by atoms with Crippen molar-refractivity contribution in [2.24, 2.45) is 13.0 Å². The molecule has 0 aliphatic heterocycles. The lowest BCUT2D eigenvalue weighted by molar-refractivity contribution is 0.548. The largest absolute Gasteiger partial charge is 0.334 e. The molecule has 0 aliphatic rings. The number of halogens is 1. The molecule has 1 aromatic rings. The van der Waals surface area contributed by atoms with Crippen molar-refractivity contribution in [1.82, 2.24) is 9.55 Å². The van der Waals surface area contributed by atoms with Crippen LogP contribution < -0.4 is 0 Å². The Hall–Kier alpha value is -0.310. The van der Waals surface area contributed by atoms with E-state index in [0.717, 1.165) is 22.8 Å². The lowest BCUT2D eigenvalue weighted by Crippen LogP contribution is -2.00. The van der Waals surface area contributed by atoms with E-state index < -0.39 is 0 Å². The molecule has 0 spiro atoms. The number of aryl methyl sites for hydroxylation is 1. The van der Waals surface area contributed by atoms with Crippen LogP contribution in [0.5, 0.6) is 0 Å². The molecule has 0 aliphatic carbocycles. The van der Waals surface area contributed by atoms with E-state index in [1.54, 1.807) is 0 Å². The average Bonchev–Trinajstić information content (AvgIpc) is 2.31. The highest BCUT2D eigenvalue weighted by Gasteiger charge is 2.09. The highest BCUT2D eigenvalue weighted by atomic mass is 79.9. The maximum atomic E-state index is 4.39.